The van der Waals surface area contributed by atoms with Crippen molar-refractivity contribution in [3.8, 4) is 0 Å². The smallest absolute Gasteiger partial charge is 0.0701 e. The van der Waals surface area contributed by atoms with Gasteiger partial charge >= 0.3 is 0 Å². The maximum absolute atomic E-state index is 5.54. The van der Waals surface area contributed by atoms with Crippen molar-refractivity contribution in [1.29, 1.82) is 0 Å². The Morgan fingerprint density at radius 3 is 2.36 bits per heavy atom. The lowest BCUT2D eigenvalue weighted by Gasteiger charge is -2.07. The van der Waals surface area contributed by atoms with Crippen molar-refractivity contribution >= 4 is 27.3 Å². The predicted molar refractivity (Wildman–Crippen MR) is 52.9 cm³/mol. The lowest BCUT2D eigenvalue weighted by Crippen LogP contribution is -2.20. The van der Waals surface area contributed by atoms with Crippen molar-refractivity contribution in [2.24, 2.45) is 11.5 Å². The highest BCUT2D eigenvalue weighted by Crippen LogP contribution is 2.27. The Morgan fingerprint density at radius 2 is 2.00 bits per heavy atom. The molecule has 0 saturated carbocycles. The fourth-order valence-corrected chi connectivity index (χ4v) is 2.43. The molecule has 0 radical (unpaired) electrons. The quantitative estimate of drug-likeness (QED) is 0.834. The Balaban J connectivity index is 2.73. The zero-order valence-electron chi connectivity index (χ0n) is 6.09. The van der Waals surface area contributed by atoms with Gasteiger partial charge in [-0.15, -0.1) is 11.3 Å². The molecule has 0 unspecified atom stereocenters. The summed E-state index contributed by atoms with van der Waals surface area (Å²) >= 11 is 5.10. The van der Waals surface area contributed by atoms with Crippen molar-refractivity contribution in [1.82, 2.24) is 0 Å². The van der Waals surface area contributed by atoms with Crippen LogP contribution in [0.5, 0.6) is 0 Å². The molecule has 0 atom stereocenters. The van der Waals surface area contributed by atoms with E-state index in [1.807, 2.05) is 6.07 Å². The first-order valence-corrected chi connectivity index (χ1v) is 5.04. The van der Waals surface area contributed by atoms with E-state index in [-0.39, 0.29) is 0 Å². The highest BCUT2D eigenvalue weighted by Gasteiger charge is 2.08. The van der Waals surface area contributed by atoms with Crippen LogP contribution in [0.25, 0.3) is 0 Å². The Kier molecular flexibility index (Phi) is 3.51. The number of hydrogen-bond acceptors (Lipinski definition) is 3. The molecule has 0 amide bonds. The second-order valence-corrected chi connectivity index (χ2v) is 4.80. The Bertz CT molecular complexity index is 220. The van der Waals surface area contributed by atoms with Crippen molar-refractivity contribution in [3.63, 3.8) is 0 Å². The monoisotopic (exact) mass is 234 g/mol. The zero-order chi connectivity index (χ0) is 8.27. The fourth-order valence-electron chi connectivity index (χ4n) is 0.876. The number of thiophene rings is 1. The minimum atomic E-state index is 0.325. The van der Waals surface area contributed by atoms with E-state index >= 15 is 0 Å². The summed E-state index contributed by atoms with van der Waals surface area (Å²) in [5.41, 5.74) is 11.1. The van der Waals surface area contributed by atoms with Gasteiger partial charge in [0.1, 0.15) is 0 Å². The first-order chi connectivity index (χ1) is 5.27. The van der Waals surface area contributed by atoms with Gasteiger partial charge in [0.05, 0.1) is 3.79 Å². The topological polar surface area (TPSA) is 52.0 Å². The van der Waals surface area contributed by atoms with E-state index in [1.165, 1.54) is 4.88 Å². The van der Waals surface area contributed by atoms with Gasteiger partial charge in [0, 0.05) is 23.9 Å². The van der Waals surface area contributed by atoms with Crippen molar-refractivity contribution in [2.45, 2.75) is 5.92 Å². The van der Waals surface area contributed by atoms with Crippen LogP contribution in [0.3, 0.4) is 0 Å². The molecule has 4 N–H and O–H groups in total. The molecule has 1 aromatic rings. The maximum Gasteiger partial charge on any atom is 0.0701 e. The van der Waals surface area contributed by atoms with E-state index in [9.17, 15) is 0 Å². The summed E-state index contributed by atoms with van der Waals surface area (Å²) in [6.45, 7) is 1.26. The van der Waals surface area contributed by atoms with Gasteiger partial charge < -0.3 is 11.5 Å². The van der Waals surface area contributed by atoms with Gasteiger partial charge in [0.2, 0.25) is 0 Å². The second-order valence-electron chi connectivity index (χ2n) is 2.31. The van der Waals surface area contributed by atoms with Crippen LogP contribution in [0.2, 0.25) is 0 Å². The highest BCUT2D eigenvalue weighted by atomic mass is 79.9. The summed E-state index contributed by atoms with van der Waals surface area (Å²) in [6.07, 6.45) is 0. The molecule has 1 aromatic heterocycles. The average Bonchev–Trinajstić information content (AvgIpc) is 2.39. The van der Waals surface area contributed by atoms with E-state index in [1.54, 1.807) is 11.3 Å². The van der Waals surface area contributed by atoms with Gasteiger partial charge in [-0.25, -0.2) is 0 Å². The molecule has 0 saturated heterocycles. The van der Waals surface area contributed by atoms with Gasteiger partial charge in [-0.05, 0) is 28.1 Å². The summed E-state index contributed by atoms with van der Waals surface area (Å²) in [7, 11) is 0. The molecule has 0 spiro atoms. The molecule has 1 heterocycles. The standard InChI is InChI=1S/C7H11BrN2S/c8-7-2-1-6(11-7)5(3-9)4-10/h1-2,5H,3-4,9-10H2. The molecular weight excluding hydrogens is 224 g/mol. The first-order valence-electron chi connectivity index (χ1n) is 3.43. The SMILES string of the molecule is NCC(CN)c1ccc(Br)s1. The number of hydrogen-bond donors (Lipinski definition) is 2. The van der Waals surface area contributed by atoms with E-state index < -0.39 is 0 Å². The van der Waals surface area contributed by atoms with Crippen LogP contribution in [-0.2, 0) is 0 Å². The number of rotatable bonds is 3. The lowest BCUT2D eigenvalue weighted by atomic mass is 10.1. The largest absolute Gasteiger partial charge is 0.330 e. The zero-order valence-corrected chi connectivity index (χ0v) is 8.49. The van der Waals surface area contributed by atoms with E-state index in [0.717, 1.165) is 3.79 Å². The molecule has 0 aromatic carbocycles. The molecule has 0 bridgehead atoms. The number of nitrogens with two attached hydrogens (primary N) is 2. The Labute approximate surface area is 78.7 Å². The van der Waals surface area contributed by atoms with Gasteiger partial charge in [-0.1, -0.05) is 0 Å². The lowest BCUT2D eigenvalue weighted by molar-refractivity contribution is 0.721. The summed E-state index contributed by atoms with van der Waals surface area (Å²) in [6, 6.07) is 4.09. The third-order valence-electron chi connectivity index (χ3n) is 1.57. The highest BCUT2D eigenvalue weighted by molar-refractivity contribution is 9.11. The van der Waals surface area contributed by atoms with Crippen molar-refractivity contribution < 1.29 is 0 Å². The molecule has 4 heteroatoms. The summed E-state index contributed by atoms with van der Waals surface area (Å²) in [5, 5.41) is 0. The van der Waals surface area contributed by atoms with Gasteiger partial charge in [0.15, 0.2) is 0 Å². The average molecular weight is 235 g/mol. The van der Waals surface area contributed by atoms with Crippen LogP contribution in [0.15, 0.2) is 15.9 Å². The Hall–Kier alpha value is 0.1000. The summed E-state index contributed by atoms with van der Waals surface area (Å²) in [4.78, 5) is 1.27. The molecule has 0 aliphatic heterocycles. The molecule has 2 nitrogen and oxygen atoms in total. The minimum absolute atomic E-state index is 0.325. The third kappa shape index (κ3) is 2.27. The van der Waals surface area contributed by atoms with Crippen LogP contribution >= 0.6 is 27.3 Å². The van der Waals surface area contributed by atoms with Crippen LogP contribution in [-0.4, -0.2) is 13.1 Å². The maximum atomic E-state index is 5.54. The molecule has 1 rings (SSSR count). The summed E-state index contributed by atoms with van der Waals surface area (Å²) in [5.74, 6) is 0.325. The van der Waals surface area contributed by atoms with E-state index in [0.29, 0.717) is 19.0 Å². The molecule has 0 fully saturated rings. The molecule has 0 aliphatic rings. The number of halogens is 1. The fraction of sp³-hybridized carbons (Fsp3) is 0.429. The van der Waals surface area contributed by atoms with Crippen LogP contribution < -0.4 is 11.5 Å². The van der Waals surface area contributed by atoms with E-state index in [2.05, 4.69) is 22.0 Å². The Morgan fingerprint density at radius 1 is 1.36 bits per heavy atom. The normalized spacial score (nSPS) is 10.9. The molecule has 11 heavy (non-hydrogen) atoms. The second kappa shape index (κ2) is 4.21. The van der Waals surface area contributed by atoms with Crippen LogP contribution in [0, 0.1) is 0 Å². The van der Waals surface area contributed by atoms with Gasteiger partial charge in [-0.2, -0.15) is 0 Å². The first kappa shape index (κ1) is 9.19. The van der Waals surface area contributed by atoms with Crippen LogP contribution in [0.4, 0.5) is 0 Å². The minimum Gasteiger partial charge on any atom is -0.330 e. The van der Waals surface area contributed by atoms with Crippen molar-refractivity contribution in [2.75, 3.05) is 13.1 Å². The predicted octanol–water partition coefficient (Wildman–Crippen LogP) is 1.51. The van der Waals surface area contributed by atoms with Crippen molar-refractivity contribution in [3.05, 3.63) is 20.8 Å². The summed E-state index contributed by atoms with van der Waals surface area (Å²) < 4.78 is 1.14. The van der Waals surface area contributed by atoms with E-state index in [4.69, 9.17) is 11.5 Å². The third-order valence-corrected chi connectivity index (χ3v) is 3.35. The van der Waals surface area contributed by atoms with Gasteiger partial charge in [0.25, 0.3) is 0 Å². The molecule has 0 aliphatic carbocycles. The van der Waals surface area contributed by atoms with Gasteiger partial charge in [-0.3, -0.25) is 0 Å². The molecule has 62 valence electrons. The molecular formula is C7H11BrN2S. The van der Waals surface area contributed by atoms with Crippen LogP contribution in [0.1, 0.15) is 10.8 Å².